The molecule has 0 aliphatic carbocycles. The molecule has 2 heterocycles. The number of nitrogens with zero attached hydrogens (tertiary/aromatic N) is 4. The molecule has 0 N–H and O–H groups in total. The highest BCUT2D eigenvalue weighted by atomic mass is 35.5. The Balaban J connectivity index is 1.71. The van der Waals surface area contributed by atoms with E-state index in [-0.39, 0.29) is 16.5 Å². The summed E-state index contributed by atoms with van der Waals surface area (Å²) in [5.41, 5.74) is 1.35. The van der Waals surface area contributed by atoms with Gasteiger partial charge in [-0.1, -0.05) is 29.8 Å². The lowest BCUT2D eigenvalue weighted by atomic mass is 10.2. The van der Waals surface area contributed by atoms with Gasteiger partial charge in [0.15, 0.2) is 11.2 Å². The number of hydrogen-bond acceptors (Lipinski definition) is 4. The fraction of sp³-hybridized carbons (Fsp3) is 0.389. The Hall–Kier alpha value is -1.99. The summed E-state index contributed by atoms with van der Waals surface area (Å²) in [4.78, 5) is 29.2. The Bertz CT molecular complexity index is 1050. The van der Waals surface area contributed by atoms with Crippen LogP contribution in [-0.4, -0.2) is 24.4 Å². The van der Waals surface area contributed by atoms with Crippen molar-refractivity contribution in [2.45, 2.75) is 25.1 Å². The van der Waals surface area contributed by atoms with E-state index >= 15 is 0 Å². The third-order valence-electron chi connectivity index (χ3n) is 4.44. The van der Waals surface area contributed by atoms with E-state index in [2.05, 4.69) is 11.9 Å². The smallest absolute Gasteiger partial charge is 0.328 e. The van der Waals surface area contributed by atoms with Crippen LogP contribution in [0.25, 0.3) is 11.2 Å². The van der Waals surface area contributed by atoms with Crippen LogP contribution in [0.1, 0.15) is 24.2 Å². The minimum absolute atomic E-state index is 0.253. The van der Waals surface area contributed by atoms with Crippen LogP contribution in [0.15, 0.2) is 40.2 Å². The van der Waals surface area contributed by atoms with Gasteiger partial charge in [-0.15, -0.1) is 0 Å². The zero-order chi connectivity index (χ0) is 18.8. The van der Waals surface area contributed by atoms with Crippen LogP contribution in [0.5, 0.6) is 0 Å². The summed E-state index contributed by atoms with van der Waals surface area (Å²) in [7, 11) is 3.40. The van der Waals surface area contributed by atoms with E-state index in [9.17, 15) is 9.59 Å². The van der Waals surface area contributed by atoms with Crippen molar-refractivity contribution in [1.82, 2.24) is 18.7 Å². The van der Waals surface area contributed by atoms with Crippen molar-refractivity contribution in [3.05, 3.63) is 62.0 Å². The molecule has 26 heavy (non-hydrogen) atoms. The number of aryl methyl sites for hydroxylation is 2. The van der Waals surface area contributed by atoms with E-state index in [1.54, 1.807) is 36.8 Å². The Kier molecular flexibility index (Phi) is 5.58. The average Bonchev–Trinajstić information content (AvgIpc) is 3.01. The summed E-state index contributed by atoms with van der Waals surface area (Å²) in [6, 6.07) is 7.81. The van der Waals surface area contributed by atoms with Crippen LogP contribution >= 0.6 is 23.4 Å². The van der Waals surface area contributed by atoms with Gasteiger partial charge < -0.3 is 4.57 Å². The van der Waals surface area contributed by atoms with Crippen molar-refractivity contribution in [2.75, 3.05) is 5.75 Å². The number of rotatable bonds is 6. The molecule has 1 atom stereocenters. The molecule has 138 valence electrons. The fourth-order valence-electron chi connectivity index (χ4n) is 2.97. The molecule has 8 heteroatoms. The number of aromatic nitrogens is 4. The molecule has 0 saturated carbocycles. The molecule has 0 spiro atoms. The van der Waals surface area contributed by atoms with E-state index in [1.165, 1.54) is 9.13 Å². The molecule has 6 nitrogen and oxygen atoms in total. The number of fused-ring (bicyclic) bond motifs is 1. The summed E-state index contributed by atoms with van der Waals surface area (Å²) in [6.07, 6.45) is 2.27. The predicted molar refractivity (Wildman–Crippen MR) is 107 cm³/mol. The van der Waals surface area contributed by atoms with Crippen molar-refractivity contribution in [1.29, 1.82) is 0 Å². The molecule has 2 aromatic heterocycles. The van der Waals surface area contributed by atoms with Gasteiger partial charge in [0.1, 0.15) is 0 Å². The first-order chi connectivity index (χ1) is 12.4. The van der Waals surface area contributed by atoms with Crippen LogP contribution in [0, 0.1) is 0 Å². The maximum absolute atomic E-state index is 12.6. The number of imidazole rings is 1. The lowest BCUT2D eigenvalue weighted by molar-refractivity contribution is 0.594. The molecule has 1 unspecified atom stereocenters. The highest BCUT2D eigenvalue weighted by Crippen LogP contribution is 2.33. The third kappa shape index (κ3) is 3.46. The number of hydrogen-bond donors (Lipinski definition) is 0. The van der Waals surface area contributed by atoms with Crippen LogP contribution in [0.4, 0.5) is 0 Å². The number of halogens is 1. The Morgan fingerprint density at radius 1 is 1.23 bits per heavy atom. The maximum atomic E-state index is 12.6. The van der Waals surface area contributed by atoms with Gasteiger partial charge in [0.05, 0.1) is 6.33 Å². The average molecular weight is 393 g/mol. The maximum Gasteiger partial charge on any atom is 0.332 e. The number of thioether (sulfide) groups is 1. The second-order valence-corrected chi connectivity index (χ2v) is 8.07. The minimum atomic E-state index is -0.328. The molecule has 0 aliphatic heterocycles. The van der Waals surface area contributed by atoms with Gasteiger partial charge in [-0.05, 0) is 30.7 Å². The van der Waals surface area contributed by atoms with E-state index < -0.39 is 0 Å². The van der Waals surface area contributed by atoms with Gasteiger partial charge in [-0.25, -0.2) is 9.78 Å². The largest absolute Gasteiger partial charge is 0.332 e. The molecule has 0 aliphatic rings. The molecule has 1 aromatic carbocycles. The van der Waals surface area contributed by atoms with Gasteiger partial charge in [0.2, 0.25) is 0 Å². The zero-order valence-corrected chi connectivity index (χ0v) is 16.5. The molecule has 3 rings (SSSR count). The lowest BCUT2D eigenvalue weighted by Gasteiger charge is -2.13. The summed E-state index contributed by atoms with van der Waals surface area (Å²) in [5, 5.41) is 1.02. The fourth-order valence-corrected chi connectivity index (χ4v) is 4.37. The van der Waals surface area contributed by atoms with Gasteiger partial charge in [0, 0.05) is 30.9 Å². The lowest BCUT2D eigenvalue weighted by Crippen LogP contribution is -2.39. The van der Waals surface area contributed by atoms with Crippen molar-refractivity contribution < 1.29 is 0 Å². The van der Waals surface area contributed by atoms with Crippen molar-refractivity contribution in [3.8, 4) is 0 Å². The number of benzene rings is 1. The van der Waals surface area contributed by atoms with E-state index in [0.29, 0.717) is 17.7 Å². The van der Waals surface area contributed by atoms with Gasteiger partial charge >= 0.3 is 5.69 Å². The van der Waals surface area contributed by atoms with Crippen LogP contribution < -0.4 is 11.2 Å². The first-order valence-electron chi connectivity index (χ1n) is 8.38. The molecule has 0 fully saturated rings. The SMILES string of the molecule is CC(SCCCn1c(=O)c2c(ncn2C)n(C)c1=O)c1ccccc1Cl. The predicted octanol–water partition coefficient (Wildman–Crippen LogP) is 2.97. The Morgan fingerprint density at radius 2 is 1.96 bits per heavy atom. The first-order valence-corrected chi connectivity index (χ1v) is 9.81. The van der Waals surface area contributed by atoms with Crippen LogP contribution in [-0.2, 0) is 20.6 Å². The summed E-state index contributed by atoms with van der Waals surface area (Å²) >= 11 is 8.00. The molecular weight excluding hydrogens is 372 g/mol. The second-order valence-electron chi connectivity index (χ2n) is 6.21. The van der Waals surface area contributed by atoms with Crippen LogP contribution in [0.2, 0.25) is 5.02 Å². The minimum Gasteiger partial charge on any atom is -0.328 e. The van der Waals surface area contributed by atoms with E-state index in [4.69, 9.17) is 11.6 Å². The molecule has 0 bridgehead atoms. The molecule has 0 radical (unpaired) electrons. The summed E-state index contributed by atoms with van der Waals surface area (Å²) in [5.74, 6) is 0.825. The van der Waals surface area contributed by atoms with E-state index in [1.807, 2.05) is 24.3 Å². The van der Waals surface area contributed by atoms with Gasteiger partial charge in [0.25, 0.3) is 5.56 Å². The van der Waals surface area contributed by atoms with Gasteiger partial charge in [-0.2, -0.15) is 11.8 Å². The normalized spacial score (nSPS) is 12.6. The van der Waals surface area contributed by atoms with Crippen LogP contribution in [0.3, 0.4) is 0 Å². The molecule has 0 amide bonds. The van der Waals surface area contributed by atoms with E-state index in [0.717, 1.165) is 22.8 Å². The standard InChI is InChI=1S/C18H21ClN4O2S/c1-12(13-7-4-5-8-14(13)19)26-10-6-9-23-17(24)15-16(20-11-21(15)2)22(3)18(23)25/h4-5,7-8,11-12H,6,9-10H2,1-3H3. The molecule has 0 saturated heterocycles. The van der Waals surface area contributed by atoms with Crippen molar-refractivity contribution in [3.63, 3.8) is 0 Å². The summed E-state index contributed by atoms with van der Waals surface area (Å²) < 4.78 is 4.38. The highest BCUT2D eigenvalue weighted by molar-refractivity contribution is 7.99. The quantitative estimate of drug-likeness (QED) is 0.605. The third-order valence-corrected chi connectivity index (χ3v) is 6.06. The molecule has 3 aromatic rings. The summed E-state index contributed by atoms with van der Waals surface area (Å²) in [6.45, 7) is 2.49. The molecular formula is C18H21ClN4O2S. The Morgan fingerprint density at radius 3 is 2.69 bits per heavy atom. The topological polar surface area (TPSA) is 61.8 Å². The van der Waals surface area contributed by atoms with Crippen molar-refractivity contribution >= 4 is 34.5 Å². The first kappa shape index (κ1) is 18.8. The Labute approximate surface area is 160 Å². The zero-order valence-electron chi connectivity index (χ0n) is 15.0. The second kappa shape index (κ2) is 7.72. The van der Waals surface area contributed by atoms with Crippen molar-refractivity contribution in [2.24, 2.45) is 14.1 Å². The van der Waals surface area contributed by atoms with Gasteiger partial charge in [-0.3, -0.25) is 13.9 Å². The highest BCUT2D eigenvalue weighted by Gasteiger charge is 2.15. The monoisotopic (exact) mass is 392 g/mol.